The van der Waals surface area contributed by atoms with E-state index in [-0.39, 0.29) is 0 Å². The van der Waals surface area contributed by atoms with Crippen molar-refractivity contribution in [3.8, 4) is 22.5 Å². The molecule has 34 heavy (non-hydrogen) atoms. The van der Waals surface area contributed by atoms with Gasteiger partial charge in [-0.05, 0) is 23.1 Å². The number of nitrogens with zero attached hydrogens (tertiary/aromatic N) is 4. The minimum Gasteiger partial charge on any atom is -0.437 e. The molecule has 3 aromatic heterocycles. The van der Waals surface area contributed by atoms with Gasteiger partial charge in [-0.15, -0.1) is 0 Å². The van der Waals surface area contributed by atoms with Crippen molar-refractivity contribution in [2.75, 3.05) is 44.6 Å². The fourth-order valence-corrected chi connectivity index (χ4v) is 4.82. The van der Waals surface area contributed by atoms with Crippen LogP contribution in [0.4, 0.5) is 5.82 Å². The minimum atomic E-state index is 0.598. The first-order valence-corrected chi connectivity index (χ1v) is 11.8. The maximum atomic E-state index is 6.42. The number of anilines is 1. The highest BCUT2D eigenvalue weighted by Crippen LogP contribution is 2.43. The average molecular weight is 453 g/mol. The molecule has 5 aromatic rings. The molecule has 7 nitrogen and oxygen atoms in total. The quantitative estimate of drug-likeness (QED) is 0.399. The third-order valence-electron chi connectivity index (χ3n) is 6.63. The number of aryl methyl sites for hydroxylation is 1. The van der Waals surface area contributed by atoms with Crippen molar-refractivity contribution < 1.29 is 4.42 Å². The van der Waals surface area contributed by atoms with E-state index < -0.39 is 0 Å². The summed E-state index contributed by atoms with van der Waals surface area (Å²) in [5.41, 5.74) is 4.90. The molecule has 1 aliphatic heterocycles. The summed E-state index contributed by atoms with van der Waals surface area (Å²) in [5, 5.41) is 9.11. The maximum absolute atomic E-state index is 6.42. The fourth-order valence-electron chi connectivity index (χ4n) is 4.82. The number of nitrogens with one attached hydrogen (secondary N) is 2. The Hall–Kier alpha value is -3.68. The normalized spacial score (nSPS) is 14.7. The van der Waals surface area contributed by atoms with Crippen LogP contribution in [0, 0.1) is 0 Å². The summed E-state index contributed by atoms with van der Waals surface area (Å²) in [6.45, 7) is 6.04. The molecule has 0 atom stereocenters. The van der Waals surface area contributed by atoms with Gasteiger partial charge < -0.3 is 19.6 Å². The maximum Gasteiger partial charge on any atom is 0.232 e. The first-order valence-electron chi connectivity index (χ1n) is 11.8. The molecule has 0 amide bonds. The first-order chi connectivity index (χ1) is 16.8. The number of furan rings is 1. The highest BCUT2D eigenvalue weighted by atomic mass is 16.3. The molecule has 1 fully saturated rings. The van der Waals surface area contributed by atoms with Crippen molar-refractivity contribution in [3.63, 3.8) is 0 Å². The Labute approximate surface area is 198 Å². The minimum absolute atomic E-state index is 0.598. The Morgan fingerprint density at radius 1 is 1.00 bits per heavy atom. The Bertz CT molecular complexity index is 1430. The summed E-state index contributed by atoms with van der Waals surface area (Å²) in [6.07, 6.45) is 3.66. The predicted octanol–water partition coefficient (Wildman–Crippen LogP) is 4.37. The lowest BCUT2D eigenvalue weighted by molar-refractivity contribution is 0.249. The van der Waals surface area contributed by atoms with Gasteiger partial charge in [0.15, 0.2) is 0 Å². The van der Waals surface area contributed by atoms with Gasteiger partial charge in [0.1, 0.15) is 17.9 Å². The zero-order valence-electron chi connectivity index (χ0n) is 19.3. The zero-order valence-corrected chi connectivity index (χ0v) is 19.3. The summed E-state index contributed by atoms with van der Waals surface area (Å²) in [5.74, 6) is 1.63. The predicted molar refractivity (Wildman–Crippen MR) is 137 cm³/mol. The largest absolute Gasteiger partial charge is 0.437 e. The lowest BCUT2D eigenvalue weighted by Crippen LogP contribution is -2.45. The molecule has 0 aliphatic carbocycles. The van der Waals surface area contributed by atoms with Gasteiger partial charge in [0.05, 0.1) is 5.39 Å². The van der Waals surface area contributed by atoms with Crippen LogP contribution in [0.1, 0.15) is 0 Å². The molecule has 172 valence electrons. The second kappa shape index (κ2) is 8.93. The molecule has 0 bridgehead atoms. The summed E-state index contributed by atoms with van der Waals surface area (Å²) in [6, 6.07) is 19.0. The van der Waals surface area contributed by atoms with Crippen LogP contribution in [-0.4, -0.2) is 58.7 Å². The molecule has 4 heterocycles. The molecule has 6 rings (SSSR count). The molecule has 0 unspecified atom stereocenters. The van der Waals surface area contributed by atoms with Crippen LogP contribution >= 0.6 is 0 Å². The van der Waals surface area contributed by atoms with Crippen LogP contribution in [0.5, 0.6) is 0 Å². The van der Waals surface area contributed by atoms with Crippen LogP contribution < -0.4 is 10.6 Å². The van der Waals surface area contributed by atoms with Crippen molar-refractivity contribution in [1.82, 2.24) is 24.8 Å². The van der Waals surface area contributed by atoms with Crippen LogP contribution in [0.2, 0.25) is 0 Å². The third-order valence-corrected chi connectivity index (χ3v) is 6.63. The van der Waals surface area contributed by atoms with Crippen LogP contribution in [0.15, 0.2) is 71.5 Å². The number of hydrogen-bond donors (Lipinski definition) is 2. The SMILES string of the molecule is Cn1ccc2ccc(-c3oc4ncnc(NCCN5CCNCC5)c4c3-c3ccccc3)cc21. The van der Waals surface area contributed by atoms with E-state index in [1.165, 1.54) is 5.39 Å². The first kappa shape index (κ1) is 20.9. The standard InChI is InChI=1S/C27H28N6O/c1-32-13-9-19-7-8-21(17-22(19)32)25-23(20-5-3-2-4-6-20)24-26(30-18-31-27(24)34-25)29-12-16-33-14-10-28-11-15-33/h2-9,13,17-18,28H,10-12,14-16H2,1H3,(H,29,30,31). The van der Waals surface area contributed by atoms with Gasteiger partial charge in [0.2, 0.25) is 5.71 Å². The van der Waals surface area contributed by atoms with Gasteiger partial charge in [-0.25, -0.2) is 9.97 Å². The highest BCUT2D eigenvalue weighted by molar-refractivity contribution is 6.06. The van der Waals surface area contributed by atoms with Crippen LogP contribution in [0.25, 0.3) is 44.5 Å². The number of benzene rings is 2. The number of hydrogen-bond acceptors (Lipinski definition) is 6. The third kappa shape index (κ3) is 3.83. The van der Waals surface area contributed by atoms with Gasteiger partial charge in [0, 0.05) is 69.2 Å². The molecule has 1 saturated heterocycles. The molecule has 0 saturated carbocycles. The van der Waals surface area contributed by atoms with E-state index in [9.17, 15) is 0 Å². The zero-order chi connectivity index (χ0) is 22.9. The van der Waals surface area contributed by atoms with Crippen molar-refractivity contribution in [2.45, 2.75) is 0 Å². The van der Waals surface area contributed by atoms with E-state index >= 15 is 0 Å². The summed E-state index contributed by atoms with van der Waals surface area (Å²) < 4.78 is 8.55. The van der Waals surface area contributed by atoms with E-state index in [4.69, 9.17) is 4.42 Å². The summed E-state index contributed by atoms with van der Waals surface area (Å²) >= 11 is 0. The van der Waals surface area contributed by atoms with Crippen LogP contribution in [0.3, 0.4) is 0 Å². The molecule has 1 aliphatic rings. The fraction of sp³-hybridized carbons (Fsp3) is 0.259. The number of piperazine rings is 1. The van der Waals surface area contributed by atoms with E-state index in [1.807, 2.05) is 6.07 Å². The summed E-state index contributed by atoms with van der Waals surface area (Å²) in [7, 11) is 2.06. The van der Waals surface area contributed by atoms with E-state index in [1.54, 1.807) is 6.33 Å². The van der Waals surface area contributed by atoms with Gasteiger partial charge in [-0.1, -0.05) is 42.5 Å². The smallest absolute Gasteiger partial charge is 0.232 e. The Balaban J connectivity index is 1.44. The molecule has 0 spiro atoms. The lowest BCUT2D eigenvalue weighted by atomic mass is 9.99. The van der Waals surface area contributed by atoms with Gasteiger partial charge in [-0.2, -0.15) is 0 Å². The van der Waals surface area contributed by atoms with E-state index in [0.717, 1.165) is 78.4 Å². The second-order valence-electron chi connectivity index (χ2n) is 8.79. The van der Waals surface area contributed by atoms with E-state index in [2.05, 4.69) is 91.8 Å². The van der Waals surface area contributed by atoms with Gasteiger partial charge in [0.25, 0.3) is 0 Å². The monoisotopic (exact) mass is 452 g/mol. The Morgan fingerprint density at radius 3 is 2.71 bits per heavy atom. The number of fused-ring (bicyclic) bond motifs is 2. The summed E-state index contributed by atoms with van der Waals surface area (Å²) in [4.78, 5) is 11.6. The molecular formula is C27H28N6O. The van der Waals surface area contributed by atoms with Crippen LogP contribution in [-0.2, 0) is 7.05 Å². The van der Waals surface area contributed by atoms with Crippen molar-refractivity contribution in [2.24, 2.45) is 7.05 Å². The number of aromatic nitrogens is 3. The molecular weight excluding hydrogens is 424 g/mol. The molecule has 0 radical (unpaired) electrons. The van der Waals surface area contributed by atoms with Crippen molar-refractivity contribution in [1.29, 1.82) is 0 Å². The number of rotatable bonds is 6. The topological polar surface area (TPSA) is 71.2 Å². The second-order valence-corrected chi connectivity index (χ2v) is 8.79. The van der Waals surface area contributed by atoms with Gasteiger partial charge >= 0.3 is 0 Å². The van der Waals surface area contributed by atoms with E-state index in [0.29, 0.717) is 5.71 Å². The molecule has 2 aromatic carbocycles. The lowest BCUT2D eigenvalue weighted by Gasteiger charge is -2.27. The Kier molecular flexibility index (Phi) is 5.49. The highest BCUT2D eigenvalue weighted by Gasteiger charge is 2.22. The Morgan fingerprint density at radius 2 is 1.85 bits per heavy atom. The van der Waals surface area contributed by atoms with Crippen molar-refractivity contribution >= 4 is 27.8 Å². The van der Waals surface area contributed by atoms with Crippen molar-refractivity contribution in [3.05, 3.63) is 67.1 Å². The average Bonchev–Trinajstić information content (AvgIpc) is 3.46. The van der Waals surface area contributed by atoms with Gasteiger partial charge in [-0.3, -0.25) is 4.90 Å². The molecule has 7 heteroatoms. The molecule has 2 N–H and O–H groups in total.